The van der Waals surface area contributed by atoms with Crippen LogP contribution in [0.3, 0.4) is 0 Å². The summed E-state index contributed by atoms with van der Waals surface area (Å²) in [6, 6.07) is 3.79. The highest BCUT2D eigenvalue weighted by molar-refractivity contribution is 5.74. The molecule has 144 valence electrons. The third-order valence-electron chi connectivity index (χ3n) is 4.93. The van der Waals surface area contributed by atoms with Crippen LogP contribution >= 0.6 is 0 Å². The minimum absolute atomic E-state index is 0.172. The lowest BCUT2D eigenvalue weighted by atomic mass is 10.2. The number of fused-ring (bicyclic) bond motifs is 1. The number of rotatable bonds is 5. The molecule has 2 aliphatic heterocycles. The van der Waals surface area contributed by atoms with Crippen LogP contribution in [0.1, 0.15) is 12.1 Å². The topological polar surface area (TPSA) is 91.6 Å². The van der Waals surface area contributed by atoms with E-state index < -0.39 is 0 Å². The van der Waals surface area contributed by atoms with Gasteiger partial charge in [-0.05, 0) is 19.0 Å². The van der Waals surface area contributed by atoms with Gasteiger partial charge in [0.2, 0.25) is 5.88 Å². The predicted molar refractivity (Wildman–Crippen MR) is 106 cm³/mol. The van der Waals surface area contributed by atoms with Crippen molar-refractivity contribution in [1.82, 2.24) is 35.1 Å². The van der Waals surface area contributed by atoms with Gasteiger partial charge in [0.1, 0.15) is 6.10 Å². The van der Waals surface area contributed by atoms with E-state index >= 15 is 0 Å². The number of aromatic nitrogens is 4. The highest BCUT2D eigenvalue weighted by atomic mass is 16.5. The summed E-state index contributed by atoms with van der Waals surface area (Å²) in [5, 5.41) is 8.59. The van der Waals surface area contributed by atoms with Gasteiger partial charge in [-0.25, -0.2) is 20.4 Å². The first kappa shape index (κ1) is 17.0. The van der Waals surface area contributed by atoms with Crippen molar-refractivity contribution in [3.8, 4) is 5.88 Å². The van der Waals surface area contributed by atoms with Crippen LogP contribution < -0.4 is 20.8 Å². The molecule has 1 fully saturated rings. The second-order valence-electron chi connectivity index (χ2n) is 6.95. The average Bonchev–Trinajstić information content (AvgIpc) is 3.43. The number of hydrogen-bond donors (Lipinski definition) is 3. The SMILES string of the molecule is CN1C=C(c2cnc3c(Nc4ccnc(OC5CCNC5)c4)nccn23)CN1. The predicted octanol–water partition coefficient (Wildman–Crippen LogP) is 1.40. The molecule has 2 aliphatic rings. The molecule has 3 N–H and O–H groups in total. The number of pyridine rings is 1. The zero-order valence-corrected chi connectivity index (χ0v) is 15.6. The second kappa shape index (κ2) is 7.10. The van der Waals surface area contributed by atoms with E-state index in [1.807, 2.05) is 41.0 Å². The molecule has 0 saturated carbocycles. The summed E-state index contributed by atoms with van der Waals surface area (Å²) in [5.41, 5.74) is 7.11. The lowest BCUT2D eigenvalue weighted by Gasteiger charge is -2.13. The molecular formula is C19H22N8O. The van der Waals surface area contributed by atoms with Crippen molar-refractivity contribution >= 4 is 22.7 Å². The summed E-state index contributed by atoms with van der Waals surface area (Å²) < 4.78 is 8.00. The molecular weight excluding hydrogens is 356 g/mol. The minimum atomic E-state index is 0.172. The molecule has 0 aromatic carbocycles. The Morgan fingerprint density at radius 3 is 3.04 bits per heavy atom. The molecule has 0 aliphatic carbocycles. The minimum Gasteiger partial charge on any atom is -0.473 e. The van der Waals surface area contributed by atoms with E-state index in [0.717, 1.165) is 43.1 Å². The molecule has 1 unspecified atom stereocenters. The highest BCUT2D eigenvalue weighted by Gasteiger charge is 2.18. The number of anilines is 2. The number of hydrogen-bond acceptors (Lipinski definition) is 8. The first-order valence-electron chi connectivity index (χ1n) is 9.36. The van der Waals surface area contributed by atoms with Gasteiger partial charge in [0.15, 0.2) is 11.5 Å². The molecule has 9 heteroatoms. The number of ether oxygens (including phenoxy) is 1. The fourth-order valence-corrected chi connectivity index (χ4v) is 3.52. The van der Waals surface area contributed by atoms with E-state index in [1.165, 1.54) is 5.57 Å². The van der Waals surface area contributed by atoms with Gasteiger partial charge in [-0.15, -0.1) is 0 Å². The van der Waals surface area contributed by atoms with Gasteiger partial charge >= 0.3 is 0 Å². The molecule has 0 radical (unpaired) electrons. The zero-order valence-electron chi connectivity index (χ0n) is 15.6. The van der Waals surface area contributed by atoms with Gasteiger partial charge in [0.25, 0.3) is 0 Å². The molecule has 3 aromatic rings. The first-order valence-corrected chi connectivity index (χ1v) is 9.36. The zero-order chi connectivity index (χ0) is 18.9. The Morgan fingerprint density at radius 2 is 2.21 bits per heavy atom. The molecule has 1 saturated heterocycles. The normalized spacial score (nSPS) is 19.2. The van der Waals surface area contributed by atoms with Gasteiger partial charge in [-0.3, -0.25) is 4.40 Å². The Labute approximate surface area is 162 Å². The number of imidazole rings is 1. The van der Waals surface area contributed by atoms with Crippen LogP contribution in [0, 0.1) is 0 Å². The summed E-state index contributed by atoms with van der Waals surface area (Å²) >= 11 is 0. The van der Waals surface area contributed by atoms with E-state index in [2.05, 4.69) is 37.2 Å². The number of nitrogens with zero attached hydrogens (tertiary/aromatic N) is 5. The molecule has 5 rings (SSSR count). The second-order valence-corrected chi connectivity index (χ2v) is 6.95. The van der Waals surface area contributed by atoms with Gasteiger partial charge in [-0.2, -0.15) is 0 Å². The molecule has 0 bridgehead atoms. The molecule has 28 heavy (non-hydrogen) atoms. The van der Waals surface area contributed by atoms with Crippen molar-refractivity contribution in [3.05, 3.63) is 48.8 Å². The number of hydrazine groups is 1. The van der Waals surface area contributed by atoms with Crippen LogP contribution in [0.4, 0.5) is 11.5 Å². The van der Waals surface area contributed by atoms with E-state index in [4.69, 9.17) is 4.74 Å². The van der Waals surface area contributed by atoms with Crippen molar-refractivity contribution in [2.75, 3.05) is 32.0 Å². The molecule has 5 heterocycles. The molecule has 0 amide bonds. The first-order chi connectivity index (χ1) is 13.8. The smallest absolute Gasteiger partial charge is 0.215 e. The Hall–Kier alpha value is -3.17. The maximum absolute atomic E-state index is 5.95. The Kier molecular flexibility index (Phi) is 4.30. The molecule has 3 aromatic heterocycles. The third kappa shape index (κ3) is 3.25. The van der Waals surface area contributed by atoms with Gasteiger partial charge in [0.05, 0.1) is 11.9 Å². The van der Waals surface area contributed by atoms with Crippen LogP contribution in [-0.4, -0.2) is 57.1 Å². The Morgan fingerprint density at radius 1 is 1.25 bits per heavy atom. The van der Waals surface area contributed by atoms with Crippen LogP contribution in [-0.2, 0) is 0 Å². The van der Waals surface area contributed by atoms with Crippen molar-refractivity contribution < 1.29 is 4.74 Å². The van der Waals surface area contributed by atoms with Gasteiger partial charge < -0.3 is 20.4 Å². The van der Waals surface area contributed by atoms with Crippen LogP contribution in [0.2, 0.25) is 0 Å². The summed E-state index contributed by atoms with van der Waals surface area (Å²) in [6.45, 7) is 2.62. The maximum Gasteiger partial charge on any atom is 0.215 e. The van der Waals surface area contributed by atoms with E-state index in [1.54, 1.807) is 12.4 Å². The summed E-state index contributed by atoms with van der Waals surface area (Å²) in [5.74, 6) is 1.30. The fraction of sp³-hybridized carbons (Fsp3) is 0.316. The standard InChI is InChI=1S/C19H22N8O/c1-26-12-13(9-24-26)16-11-23-19-18(22-6-7-27(16)19)25-14-2-5-21-17(8-14)28-15-3-4-20-10-15/h2,5-8,11-12,15,20,24H,3-4,9-10H2,1H3,(H,21,22,25). The molecule has 9 nitrogen and oxygen atoms in total. The van der Waals surface area contributed by atoms with Crippen LogP contribution in [0.5, 0.6) is 5.88 Å². The van der Waals surface area contributed by atoms with E-state index in [9.17, 15) is 0 Å². The third-order valence-corrected chi connectivity index (χ3v) is 4.93. The van der Waals surface area contributed by atoms with Crippen LogP contribution in [0.15, 0.2) is 43.1 Å². The fourth-order valence-electron chi connectivity index (χ4n) is 3.52. The summed E-state index contributed by atoms with van der Waals surface area (Å²) in [4.78, 5) is 13.4. The Balaban J connectivity index is 1.41. The van der Waals surface area contributed by atoms with E-state index in [0.29, 0.717) is 11.7 Å². The van der Waals surface area contributed by atoms with Crippen LogP contribution in [0.25, 0.3) is 11.2 Å². The summed E-state index contributed by atoms with van der Waals surface area (Å²) in [6.07, 6.45) is 10.6. The van der Waals surface area contributed by atoms with Gasteiger partial charge in [-0.1, -0.05) is 0 Å². The lowest BCUT2D eigenvalue weighted by Crippen LogP contribution is -2.23. The molecule has 1 atom stereocenters. The Bertz CT molecular complexity index is 1020. The highest BCUT2D eigenvalue weighted by Crippen LogP contribution is 2.25. The lowest BCUT2D eigenvalue weighted by molar-refractivity contribution is 0.214. The van der Waals surface area contributed by atoms with Gasteiger partial charge in [0, 0.05) is 62.3 Å². The summed E-state index contributed by atoms with van der Waals surface area (Å²) in [7, 11) is 1.98. The van der Waals surface area contributed by atoms with E-state index in [-0.39, 0.29) is 6.10 Å². The van der Waals surface area contributed by atoms with Crippen molar-refractivity contribution in [2.24, 2.45) is 0 Å². The monoisotopic (exact) mass is 378 g/mol. The largest absolute Gasteiger partial charge is 0.473 e. The average molecular weight is 378 g/mol. The van der Waals surface area contributed by atoms with Crippen molar-refractivity contribution in [3.63, 3.8) is 0 Å². The molecule has 0 spiro atoms. The quantitative estimate of drug-likeness (QED) is 0.614. The van der Waals surface area contributed by atoms with Crippen molar-refractivity contribution in [1.29, 1.82) is 0 Å². The van der Waals surface area contributed by atoms with Crippen molar-refractivity contribution in [2.45, 2.75) is 12.5 Å². The maximum atomic E-state index is 5.95. The number of nitrogens with one attached hydrogen (secondary N) is 3.